The maximum Gasteiger partial charge on any atom is 0.341 e. The maximum atomic E-state index is 12.3. The fraction of sp³-hybridized carbons (Fsp3) is 0.387. The number of carbonyl (C=O) groups is 1. The Kier molecular flexibility index (Phi) is 8.69. The molecule has 5 rings (SSSR count). The van der Waals surface area contributed by atoms with Crippen molar-refractivity contribution in [2.75, 3.05) is 40.5 Å². The second-order valence-corrected chi connectivity index (χ2v) is 10.7. The molecule has 1 atom stereocenters. The number of methoxy groups -OCH3 is 2. The fourth-order valence-electron chi connectivity index (χ4n) is 5.24. The lowest BCUT2D eigenvalue weighted by atomic mass is 9.87. The van der Waals surface area contributed by atoms with E-state index in [1.807, 2.05) is 42.5 Å². The van der Waals surface area contributed by atoms with Crippen LogP contribution in [0.3, 0.4) is 0 Å². The molecule has 0 unspecified atom stereocenters. The molecule has 3 aromatic rings. The quantitative estimate of drug-likeness (QED) is 0.345. The Hall–Kier alpha value is -3.46. The van der Waals surface area contributed by atoms with Gasteiger partial charge >= 0.3 is 5.97 Å². The van der Waals surface area contributed by atoms with E-state index in [0.29, 0.717) is 24.7 Å². The average Bonchev–Trinajstić information content (AvgIpc) is 3.33. The molecular formula is C31H34ClNO7. The first-order chi connectivity index (χ1) is 19.4. The van der Waals surface area contributed by atoms with E-state index in [9.17, 15) is 9.90 Å². The number of hydrogen-bond donors (Lipinski definition) is 1. The first kappa shape index (κ1) is 28.1. The van der Waals surface area contributed by atoms with Crippen molar-refractivity contribution < 1.29 is 33.6 Å². The van der Waals surface area contributed by atoms with Gasteiger partial charge in [-0.3, -0.25) is 0 Å². The van der Waals surface area contributed by atoms with Gasteiger partial charge in [-0.2, -0.15) is 0 Å². The molecule has 0 radical (unpaired) electrons. The van der Waals surface area contributed by atoms with Crippen molar-refractivity contribution in [3.8, 4) is 23.0 Å². The number of aliphatic hydroxyl groups is 1. The average molecular weight is 568 g/mol. The third kappa shape index (κ3) is 6.63. The lowest BCUT2D eigenvalue weighted by Crippen LogP contribution is -2.49. The Morgan fingerprint density at radius 3 is 2.50 bits per heavy atom. The third-order valence-corrected chi connectivity index (χ3v) is 7.69. The maximum absolute atomic E-state index is 12.3. The number of aliphatic hydroxyl groups excluding tert-OH is 1. The van der Waals surface area contributed by atoms with Gasteiger partial charge in [0.05, 0.1) is 14.2 Å². The Morgan fingerprint density at radius 1 is 1.02 bits per heavy atom. The molecule has 1 fully saturated rings. The summed E-state index contributed by atoms with van der Waals surface area (Å²) in [5, 5.41) is 11.5. The van der Waals surface area contributed by atoms with Crippen LogP contribution in [0, 0.1) is 0 Å². The van der Waals surface area contributed by atoms with Gasteiger partial charge in [-0.25, -0.2) is 4.79 Å². The van der Waals surface area contributed by atoms with E-state index < -0.39 is 12.1 Å². The highest BCUT2D eigenvalue weighted by molar-refractivity contribution is 6.30. The first-order valence-electron chi connectivity index (χ1n) is 13.4. The Morgan fingerprint density at radius 2 is 1.77 bits per heavy atom. The monoisotopic (exact) mass is 567 g/mol. The van der Waals surface area contributed by atoms with Crippen LogP contribution in [0.2, 0.25) is 5.02 Å². The van der Waals surface area contributed by atoms with Gasteiger partial charge in [0.15, 0.2) is 0 Å². The minimum Gasteiger partial charge on any atom is -0.497 e. The molecule has 2 heterocycles. The Labute approximate surface area is 239 Å². The summed E-state index contributed by atoms with van der Waals surface area (Å²) in [5.41, 5.74) is 2.19. The second kappa shape index (κ2) is 12.4. The summed E-state index contributed by atoms with van der Waals surface area (Å²) in [4.78, 5) is 14.5. The predicted octanol–water partition coefficient (Wildman–Crippen LogP) is 4.92. The van der Waals surface area contributed by atoms with Crippen LogP contribution in [-0.2, 0) is 17.8 Å². The summed E-state index contributed by atoms with van der Waals surface area (Å²) in [6.45, 7) is 2.42. The van der Waals surface area contributed by atoms with Gasteiger partial charge in [0.25, 0.3) is 0 Å². The fourth-order valence-corrected chi connectivity index (χ4v) is 5.43. The largest absolute Gasteiger partial charge is 0.497 e. The number of β-amino-alcohol motifs (C(OH)–C–C–N with tert-alkyl or cyclic N) is 1. The van der Waals surface area contributed by atoms with Crippen molar-refractivity contribution >= 4 is 17.6 Å². The zero-order chi connectivity index (χ0) is 28.1. The predicted molar refractivity (Wildman–Crippen MR) is 151 cm³/mol. The van der Waals surface area contributed by atoms with Crippen molar-refractivity contribution in [3.63, 3.8) is 0 Å². The molecule has 2 aliphatic rings. The number of halogens is 1. The minimum atomic E-state index is -0.746. The zero-order valence-electron chi connectivity index (χ0n) is 22.7. The topological polar surface area (TPSA) is 86.7 Å². The van der Waals surface area contributed by atoms with E-state index in [1.54, 1.807) is 25.3 Å². The molecule has 8 nitrogen and oxygen atoms in total. The van der Waals surface area contributed by atoms with Gasteiger partial charge in [0, 0.05) is 50.0 Å². The van der Waals surface area contributed by atoms with Gasteiger partial charge < -0.3 is 33.7 Å². The number of benzene rings is 3. The van der Waals surface area contributed by atoms with Crippen LogP contribution in [0.1, 0.15) is 34.3 Å². The van der Waals surface area contributed by atoms with Crippen LogP contribution in [0.5, 0.6) is 23.0 Å². The van der Waals surface area contributed by atoms with Gasteiger partial charge in [-0.1, -0.05) is 23.7 Å². The number of likely N-dealkylation sites (tertiary alicyclic amines) is 1. The third-order valence-electron chi connectivity index (χ3n) is 7.45. The molecule has 0 amide bonds. The van der Waals surface area contributed by atoms with E-state index in [4.69, 9.17) is 35.3 Å². The number of rotatable bonds is 10. The molecule has 0 bridgehead atoms. The highest BCUT2D eigenvalue weighted by Crippen LogP contribution is 2.42. The number of piperidine rings is 1. The van der Waals surface area contributed by atoms with Crippen LogP contribution >= 0.6 is 11.6 Å². The highest BCUT2D eigenvalue weighted by atomic mass is 35.5. The lowest BCUT2D eigenvalue weighted by Gasteiger charge is -2.39. The van der Waals surface area contributed by atoms with Crippen LogP contribution in [-0.4, -0.2) is 68.1 Å². The Balaban J connectivity index is 1.14. The molecule has 9 heteroatoms. The molecule has 1 saturated heterocycles. The van der Waals surface area contributed by atoms with Crippen molar-refractivity contribution in [2.24, 2.45) is 0 Å². The molecule has 0 aromatic heterocycles. The van der Waals surface area contributed by atoms with E-state index in [-0.39, 0.29) is 17.8 Å². The standard InChI is InChI=1S/C31H34ClNO7/c1-36-25-6-3-21(4-7-25)19-38-26-8-9-27(30(35)37-2)29(16-26)39-20-24(34)18-33-13-11-31(12-14-33)17-22-15-23(32)5-10-28(22)40-31/h3-10,15-16,24,34H,11-14,17-20H2,1-2H3/t24-/m0/s1. The normalized spacial score (nSPS) is 16.6. The number of hydrogen-bond acceptors (Lipinski definition) is 8. The number of carbonyl (C=O) groups excluding carboxylic acids is 1. The summed E-state index contributed by atoms with van der Waals surface area (Å²) in [6.07, 6.45) is 1.85. The van der Waals surface area contributed by atoms with Gasteiger partial charge in [0.2, 0.25) is 0 Å². The molecule has 212 valence electrons. The van der Waals surface area contributed by atoms with Crippen LogP contribution < -0.4 is 18.9 Å². The molecule has 1 spiro atoms. The summed E-state index contributed by atoms with van der Waals surface area (Å²) in [7, 11) is 2.94. The van der Waals surface area contributed by atoms with E-state index in [0.717, 1.165) is 60.0 Å². The highest BCUT2D eigenvalue weighted by Gasteiger charge is 2.42. The molecule has 1 N–H and O–H groups in total. The van der Waals surface area contributed by atoms with Crippen molar-refractivity contribution in [1.82, 2.24) is 4.90 Å². The van der Waals surface area contributed by atoms with Gasteiger partial charge in [-0.05, 0) is 53.6 Å². The van der Waals surface area contributed by atoms with Crippen LogP contribution in [0.25, 0.3) is 0 Å². The van der Waals surface area contributed by atoms with Crippen molar-refractivity contribution in [1.29, 1.82) is 0 Å². The van der Waals surface area contributed by atoms with E-state index in [1.165, 1.54) is 7.11 Å². The number of ether oxygens (including phenoxy) is 5. The number of fused-ring (bicyclic) bond motifs is 1. The molecule has 0 aliphatic carbocycles. The summed E-state index contributed by atoms with van der Waals surface area (Å²) in [5.74, 6) is 2.00. The van der Waals surface area contributed by atoms with Crippen LogP contribution in [0.4, 0.5) is 0 Å². The van der Waals surface area contributed by atoms with Crippen molar-refractivity contribution in [2.45, 2.75) is 37.6 Å². The molecule has 0 saturated carbocycles. The van der Waals surface area contributed by atoms with Crippen molar-refractivity contribution in [3.05, 3.63) is 82.4 Å². The molecule has 2 aliphatic heterocycles. The molecular weight excluding hydrogens is 534 g/mol. The van der Waals surface area contributed by atoms with E-state index >= 15 is 0 Å². The summed E-state index contributed by atoms with van der Waals surface area (Å²) in [6, 6.07) is 18.3. The molecule has 40 heavy (non-hydrogen) atoms. The minimum absolute atomic E-state index is 0.0218. The number of esters is 1. The Bertz CT molecular complexity index is 1320. The number of nitrogens with zero attached hydrogens (tertiary/aromatic N) is 1. The zero-order valence-corrected chi connectivity index (χ0v) is 23.5. The first-order valence-corrected chi connectivity index (χ1v) is 13.7. The van der Waals surface area contributed by atoms with Gasteiger partial charge in [0.1, 0.15) is 53.5 Å². The van der Waals surface area contributed by atoms with Gasteiger partial charge in [-0.15, -0.1) is 0 Å². The van der Waals surface area contributed by atoms with Crippen LogP contribution in [0.15, 0.2) is 60.7 Å². The summed E-state index contributed by atoms with van der Waals surface area (Å²) >= 11 is 6.16. The second-order valence-electron chi connectivity index (χ2n) is 10.3. The lowest BCUT2D eigenvalue weighted by molar-refractivity contribution is -0.00205. The SMILES string of the molecule is COC(=O)c1ccc(OCc2ccc(OC)cc2)cc1OC[C@@H](O)CN1CCC2(CC1)Cc1cc(Cl)ccc1O2. The molecule has 3 aromatic carbocycles. The van der Waals surface area contributed by atoms with E-state index in [2.05, 4.69) is 4.90 Å². The summed E-state index contributed by atoms with van der Waals surface area (Å²) < 4.78 is 28.3. The smallest absolute Gasteiger partial charge is 0.341 e.